The Labute approximate surface area is 121 Å². The molecule has 3 nitrogen and oxygen atoms in total. The summed E-state index contributed by atoms with van der Waals surface area (Å²) in [5, 5.41) is 3.45. The van der Waals surface area contributed by atoms with E-state index in [1.165, 1.54) is 6.42 Å². The van der Waals surface area contributed by atoms with Gasteiger partial charge in [0, 0.05) is 5.69 Å². The molecule has 0 amide bonds. The number of hydrogen-bond acceptors (Lipinski definition) is 3. The van der Waals surface area contributed by atoms with Gasteiger partial charge in [-0.1, -0.05) is 31.5 Å². The molecule has 0 aromatic heterocycles. The molecule has 1 fully saturated rings. The molecule has 1 aromatic rings. The Kier molecular flexibility index (Phi) is 5.05. The first-order chi connectivity index (χ1) is 9.70. The lowest BCUT2D eigenvalue weighted by molar-refractivity contribution is -0.150. The van der Waals surface area contributed by atoms with Crippen LogP contribution < -0.4 is 5.32 Å². The van der Waals surface area contributed by atoms with E-state index in [-0.39, 0.29) is 5.97 Å². The lowest BCUT2D eigenvalue weighted by Crippen LogP contribution is -2.50. The molecule has 110 valence electrons. The second-order valence-corrected chi connectivity index (χ2v) is 5.65. The third kappa shape index (κ3) is 3.33. The molecule has 1 N–H and O–H groups in total. The number of carbonyl (C=O) groups excluding carboxylic acids is 1. The Morgan fingerprint density at radius 3 is 2.45 bits per heavy atom. The van der Waals surface area contributed by atoms with Gasteiger partial charge in [0.25, 0.3) is 0 Å². The molecule has 0 saturated heterocycles. The Morgan fingerprint density at radius 2 is 1.90 bits per heavy atom. The van der Waals surface area contributed by atoms with Gasteiger partial charge in [-0.25, -0.2) is 4.79 Å². The zero-order valence-electron chi connectivity index (χ0n) is 12.5. The molecule has 0 radical (unpaired) electrons. The smallest absolute Gasteiger partial charge is 0.331 e. The van der Waals surface area contributed by atoms with Crippen LogP contribution in [0.4, 0.5) is 5.69 Å². The number of para-hydroxylation sites is 1. The summed E-state index contributed by atoms with van der Waals surface area (Å²) < 4.78 is 5.32. The SMILES string of the molecule is CCOC(=O)C1(Nc2ccccc2)CCC(CC)CC1. The maximum absolute atomic E-state index is 12.4. The van der Waals surface area contributed by atoms with Crippen molar-refractivity contribution in [3.05, 3.63) is 30.3 Å². The minimum atomic E-state index is -0.539. The van der Waals surface area contributed by atoms with Crippen LogP contribution in [0.2, 0.25) is 0 Å². The Bertz CT molecular complexity index is 422. The summed E-state index contributed by atoms with van der Waals surface area (Å²) in [4.78, 5) is 12.4. The molecule has 0 spiro atoms. The molecule has 0 atom stereocenters. The Hall–Kier alpha value is -1.51. The lowest BCUT2D eigenvalue weighted by atomic mass is 9.75. The van der Waals surface area contributed by atoms with E-state index < -0.39 is 5.54 Å². The van der Waals surface area contributed by atoms with E-state index in [1.807, 2.05) is 37.3 Å². The van der Waals surface area contributed by atoms with Crippen molar-refractivity contribution in [3.63, 3.8) is 0 Å². The van der Waals surface area contributed by atoms with Gasteiger partial charge in [0.05, 0.1) is 6.61 Å². The van der Waals surface area contributed by atoms with Crippen LogP contribution in [0.3, 0.4) is 0 Å². The zero-order chi connectivity index (χ0) is 14.4. The summed E-state index contributed by atoms with van der Waals surface area (Å²) in [5.74, 6) is 0.647. The van der Waals surface area contributed by atoms with Crippen LogP contribution in [-0.4, -0.2) is 18.1 Å². The van der Waals surface area contributed by atoms with Gasteiger partial charge >= 0.3 is 5.97 Å². The molecule has 20 heavy (non-hydrogen) atoms. The first-order valence-electron chi connectivity index (χ1n) is 7.70. The van der Waals surface area contributed by atoms with Crippen molar-refractivity contribution in [1.82, 2.24) is 0 Å². The molecule has 3 heteroatoms. The van der Waals surface area contributed by atoms with Crippen LogP contribution in [0.5, 0.6) is 0 Å². The molecule has 2 rings (SSSR count). The van der Waals surface area contributed by atoms with Crippen LogP contribution >= 0.6 is 0 Å². The van der Waals surface area contributed by atoms with Crippen LogP contribution in [-0.2, 0) is 9.53 Å². The standard InChI is InChI=1S/C17H25NO2/c1-3-14-10-12-17(13-11-14,16(19)20-4-2)18-15-8-6-5-7-9-15/h5-9,14,18H,3-4,10-13H2,1-2H3. The largest absolute Gasteiger partial charge is 0.464 e. The van der Waals surface area contributed by atoms with E-state index >= 15 is 0 Å². The van der Waals surface area contributed by atoms with E-state index in [9.17, 15) is 4.79 Å². The van der Waals surface area contributed by atoms with Gasteiger partial charge in [-0.05, 0) is 50.7 Å². The molecule has 1 saturated carbocycles. The highest BCUT2D eigenvalue weighted by atomic mass is 16.5. The Balaban J connectivity index is 2.15. The number of benzene rings is 1. The highest BCUT2D eigenvalue weighted by Gasteiger charge is 2.42. The molecular formula is C17H25NO2. The molecule has 0 aliphatic heterocycles. The summed E-state index contributed by atoms with van der Waals surface area (Å²) in [6.45, 7) is 4.53. The van der Waals surface area contributed by atoms with Crippen molar-refractivity contribution >= 4 is 11.7 Å². The Morgan fingerprint density at radius 1 is 1.25 bits per heavy atom. The fourth-order valence-electron chi connectivity index (χ4n) is 3.03. The molecular weight excluding hydrogens is 250 g/mol. The summed E-state index contributed by atoms with van der Waals surface area (Å²) in [6.07, 6.45) is 5.10. The van der Waals surface area contributed by atoms with E-state index in [4.69, 9.17) is 4.74 Å². The monoisotopic (exact) mass is 275 g/mol. The van der Waals surface area contributed by atoms with Crippen molar-refractivity contribution in [2.24, 2.45) is 5.92 Å². The van der Waals surface area contributed by atoms with Crippen LogP contribution in [0.15, 0.2) is 30.3 Å². The number of hydrogen-bond donors (Lipinski definition) is 1. The molecule has 1 aromatic carbocycles. The third-order valence-electron chi connectivity index (χ3n) is 4.36. The van der Waals surface area contributed by atoms with Crippen LogP contribution in [0.1, 0.15) is 46.0 Å². The van der Waals surface area contributed by atoms with Crippen molar-refractivity contribution in [2.75, 3.05) is 11.9 Å². The van der Waals surface area contributed by atoms with Crippen LogP contribution in [0, 0.1) is 5.92 Å². The summed E-state index contributed by atoms with van der Waals surface area (Å²) in [5.41, 5.74) is 0.457. The summed E-state index contributed by atoms with van der Waals surface area (Å²) >= 11 is 0. The van der Waals surface area contributed by atoms with Crippen molar-refractivity contribution in [3.8, 4) is 0 Å². The highest BCUT2D eigenvalue weighted by Crippen LogP contribution is 2.37. The van der Waals surface area contributed by atoms with Crippen LogP contribution in [0.25, 0.3) is 0 Å². The van der Waals surface area contributed by atoms with Gasteiger partial charge in [-0.2, -0.15) is 0 Å². The van der Waals surface area contributed by atoms with Crippen molar-refractivity contribution < 1.29 is 9.53 Å². The minimum absolute atomic E-state index is 0.0987. The quantitative estimate of drug-likeness (QED) is 0.825. The highest BCUT2D eigenvalue weighted by molar-refractivity contribution is 5.84. The minimum Gasteiger partial charge on any atom is -0.464 e. The molecule has 0 heterocycles. The number of ether oxygens (including phenoxy) is 1. The summed E-state index contributed by atoms with van der Waals surface area (Å²) in [7, 11) is 0. The first kappa shape index (κ1) is 14.9. The number of anilines is 1. The molecule has 1 aliphatic rings. The van der Waals surface area contributed by atoms with Gasteiger partial charge < -0.3 is 10.1 Å². The second kappa shape index (κ2) is 6.78. The van der Waals surface area contributed by atoms with E-state index in [1.54, 1.807) is 0 Å². The number of carbonyl (C=O) groups is 1. The van der Waals surface area contributed by atoms with Gasteiger partial charge in [0.15, 0.2) is 0 Å². The number of nitrogens with one attached hydrogen (secondary N) is 1. The first-order valence-corrected chi connectivity index (χ1v) is 7.70. The topological polar surface area (TPSA) is 38.3 Å². The lowest BCUT2D eigenvalue weighted by Gasteiger charge is -2.39. The molecule has 0 bridgehead atoms. The maximum atomic E-state index is 12.4. The predicted molar refractivity (Wildman–Crippen MR) is 81.7 cm³/mol. The van der Waals surface area contributed by atoms with Gasteiger partial charge in [0.2, 0.25) is 0 Å². The third-order valence-corrected chi connectivity index (χ3v) is 4.36. The predicted octanol–water partition coefficient (Wildman–Crippen LogP) is 4.00. The van der Waals surface area contributed by atoms with E-state index in [2.05, 4.69) is 12.2 Å². The van der Waals surface area contributed by atoms with Gasteiger partial charge in [-0.15, -0.1) is 0 Å². The van der Waals surface area contributed by atoms with Gasteiger partial charge in [-0.3, -0.25) is 0 Å². The normalized spacial score (nSPS) is 26.0. The fraction of sp³-hybridized carbons (Fsp3) is 0.588. The molecule has 1 aliphatic carbocycles. The summed E-state index contributed by atoms with van der Waals surface area (Å²) in [6, 6.07) is 9.97. The fourth-order valence-corrected chi connectivity index (χ4v) is 3.03. The number of esters is 1. The van der Waals surface area contributed by atoms with Gasteiger partial charge in [0.1, 0.15) is 5.54 Å². The van der Waals surface area contributed by atoms with E-state index in [0.29, 0.717) is 6.61 Å². The van der Waals surface area contributed by atoms with Crippen molar-refractivity contribution in [2.45, 2.75) is 51.5 Å². The molecule has 0 unspecified atom stereocenters. The zero-order valence-corrected chi connectivity index (χ0v) is 12.5. The average molecular weight is 275 g/mol. The average Bonchev–Trinajstić information content (AvgIpc) is 2.49. The van der Waals surface area contributed by atoms with Crippen molar-refractivity contribution in [1.29, 1.82) is 0 Å². The second-order valence-electron chi connectivity index (χ2n) is 5.65. The maximum Gasteiger partial charge on any atom is 0.331 e. The van der Waals surface area contributed by atoms with E-state index in [0.717, 1.165) is 37.3 Å². The number of rotatable bonds is 5.